The fourth-order valence-corrected chi connectivity index (χ4v) is 3.78. The number of nitrogens with zero attached hydrogens (tertiary/aromatic N) is 1. The molecule has 1 amide bonds. The van der Waals surface area contributed by atoms with Gasteiger partial charge in [-0.05, 0) is 38.5 Å². The van der Waals surface area contributed by atoms with Gasteiger partial charge in [0.05, 0.1) is 28.1 Å². The van der Waals surface area contributed by atoms with Gasteiger partial charge < -0.3 is 21.1 Å². The number of pyridine rings is 1. The summed E-state index contributed by atoms with van der Waals surface area (Å²) in [7, 11) is 0. The predicted molar refractivity (Wildman–Crippen MR) is 132 cm³/mol. The van der Waals surface area contributed by atoms with Crippen molar-refractivity contribution in [2.45, 2.75) is 38.8 Å². The van der Waals surface area contributed by atoms with Gasteiger partial charge in [0.15, 0.2) is 0 Å². The molecule has 0 saturated heterocycles. The number of amides is 1. The van der Waals surface area contributed by atoms with Gasteiger partial charge in [0, 0.05) is 23.6 Å². The van der Waals surface area contributed by atoms with Gasteiger partial charge in [0.25, 0.3) is 16.8 Å². The van der Waals surface area contributed by atoms with Crippen LogP contribution in [0.1, 0.15) is 49.2 Å². The second-order valence-electron chi connectivity index (χ2n) is 8.63. The van der Waals surface area contributed by atoms with Gasteiger partial charge in [-0.15, -0.1) is 0 Å². The first-order valence-corrected chi connectivity index (χ1v) is 10.9. The maximum absolute atomic E-state index is 12.5. The van der Waals surface area contributed by atoms with Crippen LogP contribution in [0, 0.1) is 0 Å². The Balaban J connectivity index is 1.82. The number of rotatable bonds is 8. The molecule has 1 heterocycles. The average molecular weight is 505 g/mol. The fraction of sp³-hybridized carbons (Fsp3) is 0.261. The van der Waals surface area contributed by atoms with Gasteiger partial charge in [-0.1, -0.05) is 35.3 Å². The number of carboxylic acids is 1. The molecule has 0 aliphatic rings. The van der Waals surface area contributed by atoms with Crippen molar-refractivity contribution in [3.8, 4) is 0 Å². The van der Waals surface area contributed by atoms with Crippen LogP contribution in [0.25, 0.3) is 0 Å². The molecule has 1 unspecified atom stereocenters. The zero-order chi connectivity index (χ0) is 25.2. The van der Waals surface area contributed by atoms with E-state index >= 15 is 0 Å². The van der Waals surface area contributed by atoms with Crippen LogP contribution in [0.5, 0.6) is 0 Å². The van der Waals surface area contributed by atoms with E-state index in [1.165, 1.54) is 12.4 Å². The topological polar surface area (TPSA) is 137 Å². The highest BCUT2D eigenvalue weighted by Gasteiger charge is 2.27. The van der Waals surface area contributed by atoms with Gasteiger partial charge in [-0.3, -0.25) is 24.2 Å². The highest BCUT2D eigenvalue weighted by molar-refractivity contribution is 6.40. The molecule has 0 spiro atoms. The van der Waals surface area contributed by atoms with E-state index in [2.05, 4.69) is 20.9 Å². The van der Waals surface area contributed by atoms with Gasteiger partial charge in [-0.2, -0.15) is 0 Å². The van der Waals surface area contributed by atoms with Crippen molar-refractivity contribution in [1.82, 2.24) is 4.98 Å². The number of benzene rings is 1. The Labute approximate surface area is 204 Å². The largest absolute Gasteiger partial charge is 0.481 e. The van der Waals surface area contributed by atoms with E-state index in [4.69, 9.17) is 23.2 Å². The number of aliphatic carboxylic acids is 1. The second-order valence-corrected chi connectivity index (χ2v) is 9.45. The van der Waals surface area contributed by atoms with Crippen LogP contribution in [-0.4, -0.2) is 27.5 Å². The van der Waals surface area contributed by atoms with Crippen LogP contribution in [0.3, 0.4) is 0 Å². The molecule has 0 aliphatic heterocycles. The first kappa shape index (κ1) is 25.2. The highest BCUT2D eigenvalue weighted by Crippen LogP contribution is 2.28. The Morgan fingerprint density at radius 3 is 2.09 bits per heavy atom. The number of halogens is 2. The summed E-state index contributed by atoms with van der Waals surface area (Å²) in [6.45, 7) is 5.51. The first-order chi connectivity index (χ1) is 15.9. The lowest BCUT2D eigenvalue weighted by atomic mass is 10.0. The van der Waals surface area contributed by atoms with Crippen LogP contribution >= 0.6 is 23.2 Å². The van der Waals surface area contributed by atoms with Crippen molar-refractivity contribution in [3.63, 3.8) is 0 Å². The molecule has 34 heavy (non-hydrogen) atoms. The van der Waals surface area contributed by atoms with E-state index in [0.717, 1.165) is 0 Å². The Kier molecular flexibility index (Phi) is 7.28. The summed E-state index contributed by atoms with van der Waals surface area (Å²) in [6, 6.07) is 5.56. The molecule has 1 atom stereocenters. The monoisotopic (exact) mass is 504 g/mol. The number of aromatic nitrogens is 1. The van der Waals surface area contributed by atoms with E-state index in [1.807, 2.05) is 20.8 Å². The van der Waals surface area contributed by atoms with Gasteiger partial charge >= 0.3 is 5.97 Å². The number of nitrogens with one attached hydrogen (secondary N) is 3. The minimum Gasteiger partial charge on any atom is -0.481 e. The summed E-state index contributed by atoms with van der Waals surface area (Å²) in [4.78, 5) is 52.0. The smallest absolute Gasteiger partial charge is 0.305 e. The number of hydrogen-bond acceptors (Lipinski definition) is 7. The van der Waals surface area contributed by atoms with Crippen LogP contribution < -0.4 is 26.8 Å². The molecule has 3 rings (SSSR count). The first-order valence-electron chi connectivity index (χ1n) is 10.2. The highest BCUT2D eigenvalue weighted by atomic mass is 35.5. The molecule has 0 radical (unpaired) electrons. The van der Waals surface area contributed by atoms with Crippen LogP contribution in [-0.2, 0) is 4.79 Å². The van der Waals surface area contributed by atoms with Gasteiger partial charge in [0.1, 0.15) is 11.4 Å². The molecule has 0 fully saturated rings. The average Bonchev–Trinajstić information content (AvgIpc) is 2.74. The number of carboxylic acid groups (broad SMARTS) is 1. The van der Waals surface area contributed by atoms with E-state index in [0.29, 0.717) is 11.3 Å². The van der Waals surface area contributed by atoms with Crippen molar-refractivity contribution in [1.29, 1.82) is 0 Å². The lowest BCUT2D eigenvalue weighted by Gasteiger charge is -2.27. The zero-order valence-corrected chi connectivity index (χ0v) is 20.0. The summed E-state index contributed by atoms with van der Waals surface area (Å²) in [5.41, 5.74) is -0.636. The number of anilines is 3. The normalized spacial score (nSPS) is 12.3. The Morgan fingerprint density at radius 1 is 1.00 bits per heavy atom. The third kappa shape index (κ3) is 5.73. The molecule has 11 heteroatoms. The Hall–Kier alpha value is -3.43. The molecule has 9 nitrogen and oxygen atoms in total. The van der Waals surface area contributed by atoms with E-state index in [-0.39, 0.29) is 33.4 Å². The van der Waals surface area contributed by atoms with Gasteiger partial charge in [0.2, 0.25) is 0 Å². The third-order valence-electron chi connectivity index (χ3n) is 4.76. The van der Waals surface area contributed by atoms with Crippen LogP contribution in [0.4, 0.5) is 17.1 Å². The molecule has 0 saturated carbocycles. The standard InChI is InChI=1S/C23H22Cl2N4O5/c1-23(2,3)29-19-18(20(32)21(19)33)28-15(8-16(30)31)11-4-6-12(7-5-11)27-22(34)17-13(24)9-26-10-14(17)25/h4-7,9-10,15,28-29H,8H2,1-3H3,(H,27,34)(H,30,31). The summed E-state index contributed by atoms with van der Waals surface area (Å²) in [5, 5.41) is 18.1. The Morgan fingerprint density at radius 2 is 1.56 bits per heavy atom. The number of carbonyl (C=O) groups excluding carboxylic acids is 1. The quantitative estimate of drug-likeness (QED) is 0.336. The summed E-state index contributed by atoms with van der Waals surface area (Å²) >= 11 is 12.0. The van der Waals surface area contributed by atoms with Crippen molar-refractivity contribution in [2.75, 3.05) is 16.0 Å². The number of hydrogen-bond donors (Lipinski definition) is 4. The van der Waals surface area contributed by atoms with Crippen molar-refractivity contribution >= 4 is 52.1 Å². The maximum atomic E-state index is 12.5. The second kappa shape index (κ2) is 9.82. The molecule has 2 aromatic carbocycles. The summed E-state index contributed by atoms with van der Waals surface area (Å²) in [5.74, 6) is -1.63. The number of carbonyl (C=O) groups is 2. The van der Waals surface area contributed by atoms with E-state index < -0.39 is 34.3 Å². The van der Waals surface area contributed by atoms with Crippen LogP contribution in [0.2, 0.25) is 10.0 Å². The maximum Gasteiger partial charge on any atom is 0.305 e. The van der Waals surface area contributed by atoms with Crippen molar-refractivity contribution in [2.24, 2.45) is 0 Å². The SMILES string of the molecule is CC(C)(C)Nc1c(NC(CC(=O)O)c2ccc(NC(=O)c3c(Cl)cncc3Cl)cc2)c(=O)c1=O. The third-order valence-corrected chi connectivity index (χ3v) is 5.33. The lowest BCUT2D eigenvalue weighted by Crippen LogP contribution is -2.42. The van der Waals surface area contributed by atoms with E-state index in [9.17, 15) is 24.3 Å². The molecule has 0 aliphatic carbocycles. The molecule has 0 bridgehead atoms. The molecular formula is C23H22Cl2N4O5. The fourth-order valence-electron chi connectivity index (χ4n) is 3.25. The zero-order valence-electron chi connectivity index (χ0n) is 18.5. The minimum atomic E-state index is -1.10. The molecule has 4 N–H and O–H groups in total. The van der Waals surface area contributed by atoms with E-state index in [1.54, 1.807) is 24.3 Å². The van der Waals surface area contributed by atoms with Gasteiger partial charge in [-0.25, -0.2) is 0 Å². The van der Waals surface area contributed by atoms with Crippen molar-refractivity contribution < 1.29 is 14.7 Å². The molecule has 3 aromatic rings. The molecule has 1 aromatic heterocycles. The van der Waals surface area contributed by atoms with Crippen molar-refractivity contribution in [3.05, 3.63) is 78.3 Å². The summed E-state index contributed by atoms with van der Waals surface area (Å²) < 4.78 is 0. The molecular weight excluding hydrogens is 483 g/mol. The minimum absolute atomic E-state index is 0.0468. The predicted octanol–water partition coefficient (Wildman–Crippen LogP) is 4.08. The Bertz CT molecular complexity index is 1290. The lowest BCUT2D eigenvalue weighted by molar-refractivity contribution is -0.137. The summed E-state index contributed by atoms with van der Waals surface area (Å²) in [6.07, 6.45) is 2.26. The van der Waals surface area contributed by atoms with Crippen LogP contribution in [0.15, 0.2) is 46.2 Å². The molecule has 178 valence electrons.